The maximum absolute atomic E-state index is 11.8. The smallest absolute Gasteiger partial charge is 0.237 e. The summed E-state index contributed by atoms with van der Waals surface area (Å²) in [6, 6.07) is -0.203. The van der Waals surface area contributed by atoms with E-state index in [1.54, 1.807) is 0 Å². The molecule has 0 aromatic carbocycles. The molecule has 0 saturated carbocycles. The lowest BCUT2D eigenvalue weighted by atomic mass is 9.99. The summed E-state index contributed by atoms with van der Waals surface area (Å²) >= 11 is 0. The number of hydrogen-bond donors (Lipinski definition) is 3. The lowest BCUT2D eigenvalue weighted by molar-refractivity contribution is -0.122. The van der Waals surface area contributed by atoms with Crippen LogP contribution >= 0.6 is 0 Å². The van der Waals surface area contributed by atoms with E-state index in [4.69, 9.17) is 0 Å². The van der Waals surface area contributed by atoms with Gasteiger partial charge in [-0.05, 0) is 51.2 Å². The average Bonchev–Trinajstić information content (AvgIpc) is 2.83. The van der Waals surface area contributed by atoms with Crippen LogP contribution in [-0.2, 0) is 4.79 Å². The number of rotatable bonds is 5. The second kappa shape index (κ2) is 7.22. The molecule has 0 aliphatic carbocycles. The number of carbonyl (C=O) groups is 1. The van der Waals surface area contributed by atoms with Gasteiger partial charge in [-0.1, -0.05) is 6.92 Å². The molecule has 2 atom stereocenters. The molecule has 0 spiro atoms. The standard InChI is InChI=1S/C14H27N3O2/c1-11-3-7-17(8-4-11)6-2-5-15-14(19)13-9-12(18)10-16-13/h11-13,16,18H,2-10H2,1H3,(H,15,19). The van der Waals surface area contributed by atoms with Gasteiger partial charge in [0.25, 0.3) is 0 Å². The predicted octanol–water partition coefficient (Wildman–Crippen LogP) is -0.0526. The Hall–Kier alpha value is -0.650. The average molecular weight is 269 g/mol. The molecule has 110 valence electrons. The molecule has 3 N–H and O–H groups in total. The van der Waals surface area contributed by atoms with Crippen LogP contribution < -0.4 is 10.6 Å². The topological polar surface area (TPSA) is 64.6 Å². The minimum absolute atomic E-state index is 0.0313. The van der Waals surface area contributed by atoms with E-state index < -0.39 is 0 Å². The Morgan fingerprint density at radius 1 is 1.42 bits per heavy atom. The molecule has 2 aliphatic heterocycles. The third-order valence-electron chi connectivity index (χ3n) is 4.25. The molecule has 5 heteroatoms. The molecule has 1 amide bonds. The fraction of sp³-hybridized carbons (Fsp3) is 0.929. The summed E-state index contributed by atoms with van der Waals surface area (Å²) in [5, 5.41) is 15.3. The molecule has 2 saturated heterocycles. The molecule has 2 fully saturated rings. The molecule has 0 aromatic heterocycles. The first-order valence-corrected chi connectivity index (χ1v) is 7.56. The Bertz CT molecular complexity index is 290. The quantitative estimate of drug-likeness (QED) is 0.612. The Kier molecular flexibility index (Phi) is 5.60. The fourth-order valence-corrected chi connectivity index (χ4v) is 2.84. The summed E-state index contributed by atoms with van der Waals surface area (Å²) in [6.07, 6.45) is 3.78. The largest absolute Gasteiger partial charge is 0.392 e. The van der Waals surface area contributed by atoms with Crippen LogP contribution in [0.2, 0.25) is 0 Å². The van der Waals surface area contributed by atoms with Gasteiger partial charge in [0, 0.05) is 13.1 Å². The highest BCUT2D eigenvalue weighted by Crippen LogP contribution is 2.15. The van der Waals surface area contributed by atoms with Crippen molar-refractivity contribution in [2.75, 3.05) is 32.7 Å². The maximum Gasteiger partial charge on any atom is 0.237 e. The second-order valence-electron chi connectivity index (χ2n) is 6.02. The van der Waals surface area contributed by atoms with Crippen molar-refractivity contribution in [2.24, 2.45) is 5.92 Å². The van der Waals surface area contributed by atoms with E-state index in [2.05, 4.69) is 22.5 Å². The molecular formula is C14H27N3O2. The predicted molar refractivity (Wildman–Crippen MR) is 74.9 cm³/mol. The minimum Gasteiger partial charge on any atom is -0.392 e. The maximum atomic E-state index is 11.8. The highest BCUT2D eigenvalue weighted by molar-refractivity contribution is 5.82. The molecular weight excluding hydrogens is 242 g/mol. The molecule has 2 rings (SSSR count). The first-order chi connectivity index (χ1) is 9.15. The van der Waals surface area contributed by atoms with E-state index in [1.807, 2.05) is 0 Å². The Labute approximate surface area is 115 Å². The van der Waals surface area contributed by atoms with Gasteiger partial charge in [-0.25, -0.2) is 0 Å². The first kappa shape index (κ1) is 14.8. The number of β-amino-alcohol motifs (C(OH)–C–C–N with tert-alkyl or cyclic N) is 1. The van der Waals surface area contributed by atoms with E-state index in [0.717, 1.165) is 25.4 Å². The number of aliphatic hydroxyl groups excluding tert-OH is 1. The summed E-state index contributed by atoms with van der Waals surface area (Å²) in [5.41, 5.74) is 0. The van der Waals surface area contributed by atoms with Crippen LogP contribution in [-0.4, -0.2) is 60.8 Å². The Morgan fingerprint density at radius 3 is 2.79 bits per heavy atom. The number of piperidine rings is 1. The zero-order valence-corrected chi connectivity index (χ0v) is 11.9. The van der Waals surface area contributed by atoms with Crippen LogP contribution in [0.5, 0.6) is 0 Å². The normalized spacial score (nSPS) is 29.6. The molecule has 19 heavy (non-hydrogen) atoms. The van der Waals surface area contributed by atoms with Crippen LogP contribution in [0.1, 0.15) is 32.6 Å². The van der Waals surface area contributed by atoms with Crippen LogP contribution in [0.4, 0.5) is 0 Å². The van der Waals surface area contributed by atoms with Gasteiger partial charge in [0.1, 0.15) is 0 Å². The molecule has 0 aromatic rings. The minimum atomic E-state index is -0.369. The summed E-state index contributed by atoms with van der Waals surface area (Å²) in [5.74, 6) is 0.902. The third-order valence-corrected chi connectivity index (χ3v) is 4.25. The van der Waals surface area contributed by atoms with Gasteiger partial charge in [0.15, 0.2) is 0 Å². The van der Waals surface area contributed by atoms with Crippen molar-refractivity contribution < 1.29 is 9.90 Å². The van der Waals surface area contributed by atoms with Crippen molar-refractivity contribution in [1.29, 1.82) is 0 Å². The zero-order valence-electron chi connectivity index (χ0n) is 11.9. The molecule has 2 aliphatic rings. The molecule has 0 radical (unpaired) electrons. The van der Waals surface area contributed by atoms with E-state index in [0.29, 0.717) is 13.0 Å². The van der Waals surface area contributed by atoms with Gasteiger partial charge >= 0.3 is 0 Å². The van der Waals surface area contributed by atoms with Gasteiger partial charge in [0.05, 0.1) is 12.1 Å². The summed E-state index contributed by atoms with van der Waals surface area (Å²) in [6.45, 7) is 7.06. The Balaban J connectivity index is 1.53. The third kappa shape index (κ3) is 4.75. The van der Waals surface area contributed by atoms with Crippen molar-refractivity contribution in [1.82, 2.24) is 15.5 Å². The van der Waals surface area contributed by atoms with Crippen molar-refractivity contribution in [3.63, 3.8) is 0 Å². The lowest BCUT2D eigenvalue weighted by Crippen LogP contribution is -2.41. The molecule has 0 bridgehead atoms. The van der Waals surface area contributed by atoms with Gasteiger partial charge < -0.3 is 20.6 Å². The summed E-state index contributed by atoms with van der Waals surface area (Å²) in [7, 11) is 0. The number of amides is 1. The van der Waals surface area contributed by atoms with Crippen LogP contribution in [0.25, 0.3) is 0 Å². The summed E-state index contributed by atoms with van der Waals surface area (Å²) in [4.78, 5) is 14.3. The van der Waals surface area contributed by atoms with Crippen molar-refractivity contribution in [3.8, 4) is 0 Å². The lowest BCUT2D eigenvalue weighted by Gasteiger charge is -2.30. The van der Waals surface area contributed by atoms with Crippen molar-refractivity contribution in [2.45, 2.75) is 44.8 Å². The van der Waals surface area contributed by atoms with Gasteiger partial charge in [-0.15, -0.1) is 0 Å². The van der Waals surface area contributed by atoms with Crippen LogP contribution in [0, 0.1) is 5.92 Å². The number of hydrogen-bond acceptors (Lipinski definition) is 4. The molecule has 5 nitrogen and oxygen atoms in total. The first-order valence-electron chi connectivity index (χ1n) is 7.56. The van der Waals surface area contributed by atoms with Crippen molar-refractivity contribution in [3.05, 3.63) is 0 Å². The van der Waals surface area contributed by atoms with E-state index >= 15 is 0 Å². The number of carbonyl (C=O) groups excluding carboxylic acids is 1. The summed E-state index contributed by atoms with van der Waals surface area (Å²) < 4.78 is 0. The molecule has 2 heterocycles. The highest BCUT2D eigenvalue weighted by Gasteiger charge is 2.27. The Morgan fingerprint density at radius 2 is 2.16 bits per heavy atom. The zero-order chi connectivity index (χ0) is 13.7. The highest BCUT2D eigenvalue weighted by atomic mass is 16.3. The van der Waals surface area contributed by atoms with Gasteiger partial charge in [-0.2, -0.15) is 0 Å². The van der Waals surface area contributed by atoms with E-state index in [9.17, 15) is 9.90 Å². The fourth-order valence-electron chi connectivity index (χ4n) is 2.84. The van der Waals surface area contributed by atoms with Crippen LogP contribution in [0.3, 0.4) is 0 Å². The van der Waals surface area contributed by atoms with Gasteiger partial charge in [-0.3, -0.25) is 4.79 Å². The SMILES string of the molecule is CC1CCN(CCCNC(=O)C2CC(O)CN2)CC1. The second-order valence-corrected chi connectivity index (χ2v) is 6.02. The van der Waals surface area contributed by atoms with E-state index in [1.165, 1.54) is 25.9 Å². The number of likely N-dealkylation sites (tertiary alicyclic amines) is 1. The van der Waals surface area contributed by atoms with E-state index in [-0.39, 0.29) is 18.1 Å². The van der Waals surface area contributed by atoms with Gasteiger partial charge in [0.2, 0.25) is 5.91 Å². The number of aliphatic hydroxyl groups is 1. The van der Waals surface area contributed by atoms with Crippen molar-refractivity contribution >= 4 is 5.91 Å². The molecule has 2 unspecified atom stereocenters. The number of nitrogens with zero attached hydrogens (tertiary/aromatic N) is 1. The number of nitrogens with one attached hydrogen (secondary N) is 2. The van der Waals surface area contributed by atoms with Crippen LogP contribution in [0.15, 0.2) is 0 Å². The monoisotopic (exact) mass is 269 g/mol.